The van der Waals surface area contributed by atoms with Crippen molar-refractivity contribution in [2.24, 2.45) is 0 Å². The Kier molecular flexibility index (Phi) is 9.40. The first-order valence-corrected chi connectivity index (χ1v) is 9.73. The summed E-state index contributed by atoms with van der Waals surface area (Å²) in [6.45, 7) is 0.815. The molecule has 0 bridgehead atoms. The quantitative estimate of drug-likeness (QED) is 0.163. The van der Waals surface area contributed by atoms with Gasteiger partial charge in [0.15, 0.2) is 0 Å². The van der Waals surface area contributed by atoms with E-state index in [0.717, 1.165) is 13.0 Å². The predicted octanol–water partition coefficient (Wildman–Crippen LogP) is 2.84. The molecule has 0 fully saturated rings. The van der Waals surface area contributed by atoms with Crippen molar-refractivity contribution in [3.8, 4) is 5.75 Å². The van der Waals surface area contributed by atoms with Gasteiger partial charge in [0, 0.05) is 17.8 Å². The van der Waals surface area contributed by atoms with Crippen molar-refractivity contribution in [1.82, 2.24) is 10.6 Å². The number of nitrogens with one attached hydrogen (secondary N) is 3. The average Bonchev–Trinajstić information content (AvgIpc) is 2.76. The number of anilines is 1. The molecule has 1 atom stereocenters. The fourth-order valence-corrected chi connectivity index (χ4v) is 2.71. The number of hydrogen-bond acceptors (Lipinski definition) is 8. The van der Waals surface area contributed by atoms with Crippen molar-refractivity contribution in [1.29, 1.82) is 0 Å². The summed E-state index contributed by atoms with van der Waals surface area (Å²) in [6, 6.07) is 11.7. The third kappa shape index (κ3) is 8.03. The molecule has 0 heterocycles. The first-order valence-electron chi connectivity index (χ1n) is 9.73. The summed E-state index contributed by atoms with van der Waals surface area (Å²) in [7, 11) is 3.62. The van der Waals surface area contributed by atoms with E-state index < -0.39 is 11.1 Å². The van der Waals surface area contributed by atoms with Crippen molar-refractivity contribution in [3.63, 3.8) is 0 Å². The van der Waals surface area contributed by atoms with Crippen molar-refractivity contribution < 1.29 is 24.0 Å². The number of hydrogen-bond donors (Lipinski definition) is 3. The van der Waals surface area contributed by atoms with E-state index in [1.807, 2.05) is 7.05 Å². The maximum Gasteiger partial charge on any atom is 0.514 e. The van der Waals surface area contributed by atoms with Gasteiger partial charge in [-0.2, -0.15) is 0 Å². The molecule has 2 rings (SSSR count). The molecule has 10 heteroatoms. The van der Waals surface area contributed by atoms with Gasteiger partial charge in [-0.05, 0) is 63.3 Å². The lowest BCUT2D eigenvalue weighted by Crippen LogP contribution is -2.38. The van der Waals surface area contributed by atoms with Crippen LogP contribution >= 0.6 is 0 Å². The van der Waals surface area contributed by atoms with Crippen LogP contribution in [-0.2, 0) is 16.1 Å². The number of ether oxygens (including phenoxy) is 2. The molecule has 0 aliphatic carbocycles. The van der Waals surface area contributed by atoms with Gasteiger partial charge < -0.3 is 25.4 Å². The third-order valence-corrected chi connectivity index (χ3v) is 4.41. The number of likely N-dealkylation sites (N-methyl/N-ethyl adjacent to an activating group) is 1. The highest BCUT2D eigenvalue weighted by Crippen LogP contribution is 2.18. The Bertz CT molecular complexity index is 870. The number of nitrogens with zero attached hydrogens (tertiary/aromatic N) is 1. The molecule has 2 aromatic rings. The maximum atomic E-state index is 12.4. The molecule has 1 amide bonds. The molecule has 0 saturated carbocycles. The van der Waals surface area contributed by atoms with Crippen molar-refractivity contribution in [2.75, 3.05) is 26.0 Å². The third-order valence-electron chi connectivity index (χ3n) is 4.41. The first kappa shape index (κ1) is 23.8. The minimum atomic E-state index is -0.926. The van der Waals surface area contributed by atoms with Gasteiger partial charge in [-0.25, -0.2) is 4.79 Å². The van der Waals surface area contributed by atoms with E-state index in [1.54, 1.807) is 31.3 Å². The van der Waals surface area contributed by atoms with Gasteiger partial charge in [-0.1, -0.05) is 12.1 Å². The second-order valence-electron chi connectivity index (χ2n) is 6.66. The number of nitro benzene ring substituents is 1. The molecule has 0 spiro atoms. The van der Waals surface area contributed by atoms with Crippen LogP contribution in [0.1, 0.15) is 18.4 Å². The lowest BCUT2D eigenvalue weighted by atomic mass is 10.1. The molecular formula is C21H26N4O6. The average molecular weight is 430 g/mol. The second kappa shape index (κ2) is 12.3. The summed E-state index contributed by atoms with van der Waals surface area (Å²) >= 11 is 0. The minimum Gasteiger partial charge on any atom is -0.429 e. The fraction of sp³-hybridized carbons (Fsp3) is 0.333. The summed E-state index contributed by atoms with van der Waals surface area (Å²) in [5.41, 5.74) is 1.24. The summed E-state index contributed by atoms with van der Waals surface area (Å²) < 4.78 is 10.0. The number of carbonyl (C=O) groups excluding carboxylic acids is 2. The summed E-state index contributed by atoms with van der Waals surface area (Å²) in [5, 5.41) is 19.5. The lowest BCUT2D eigenvalue weighted by Gasteiger charge is -2.16. The van der Waals surface area contributed by atoms with Crippen LogP contribution in [0.2, 0.25) is 0 Å². The monoisotopic (exact) mass is 430 g/mol. The van der Waals surface area contributed by atoms with Crippen LogP contribution in [0, 0.1) is 10.1 Å². The Morgan fingerprint density at radius 2 is 1.74 bits per heavy atom. The van der Waals surface area contributed by atoms with Crippen LogP contribution in [-0.4, -0.2) is 43.7 Å². The predicted molar refractivity (Wildman–Crippen MR) is 115 cm³/mol. The molecule has 1 unspecified atom stereocenters. The summed E-state index contributed by atoms with van der Waals surface area (Å²) in [4.78, 5) is 34.2. The molecule has 0 aromatic heterocycles. The largest absolute Gasteiger partial charge is 0.514 e. The Labute approximate surface area is 180 Å². The number of rotatable bonds is 11. The van der Waals surface area contributed by atoms with Crippen LogP contribution in [0.5, 0.6) is 5.75 Å². The SMILES string of the molecule is CNCCCC(NC)C(=O)Nc1ccc(COC(=O)Oc2ccc([N+](=O)[O-])cc2)cc1. The Hall–Kier alpha value is -3.50. The lowest BCUT2D eigenvalue weighted by molar-refractivity contribution is -0.384. The smallest absolute Gasteiger partial charge is 0.429 e. The first-order chi connectivity index (χ1) is 14.9. The van der Waals surface area contributed by atoms with Gasteiger partial charge in [0.1, 0.15) is 12.4 Å². The van der Waals surface area contributed by atoms with Crippen LogP contribution in [0.3, 0.4) is 0 Å². The molecule has 3 N–H and O–H groups in total. The zero-order valence-electron chi connectivity index (χ0n) is 17.4. The summed E-state index contributed by atoms with van der Waals surface area (Å²) in [6.07, 6.45) is 0.665. The van der Waals surface area contributed by atoms with E-state index in [2.05, 4.69) is 16.0 Å². The van der Waals surface area contributed by atoms with Crippen molar-refractivity contribution in [2.45, 2.75) is 25.5 Å². The highest BCUT2D eigenvalue weighted by Gasteiger charge is 2.16. The molecule has 0 aliphatic rings. The Balaban J connectivity index is 1.80. The van der Waals surface area contributed by atoms with E-state index in [0.29, 0.717) is 17.7 Å². The van der Waals surface area contributed by atoms with Gasteiger partial charge >= 0.3 is 6.16 Å². The van der Waals surface area contributed by atoms with Crippen LogP contribution < -0.4 is 20.7 Å². The fourth-order valence-electron chi connectivity index (χ4n) is 2.71. The number of nitro groups is 1. The normalized spacial score (nSPS) is 11.4. The minimum absolute atomic E-state index is 0.0246. The second-order valence-corrected chi connectivity index (χ2v) is 6.66. The standard InChI is InChI=1S/C21H26N4O6/c1-22-13-3-4-19(23-2)20(26)24-16-7-5-15(6-8-16)14-30-21(27)31-18-11-9-17(10-12-18)25(28)29/h5-12,19,22-23H,3-4,13-14H2,1-2H3,(H,24,26). The highest BCUT2D eigenvalue weighted by atomic mass is 16.7. The number of carbonyl (C=O) groups is 2. The van der Waals surface area contributed by atoms with E-state index in [1.165, 1.54) is 24.3 Å². The molecular weight excluding hydrogens is 404 g/mol. The molecule has 31 heavy (non-hydrogen) atoms. The van der Waals surface area contributed by atoms with Crippen LogP contribution in [0.4, 0.5) is 16.2 Å². The highest BCUT2D eigenvalue weighted by molar-refractivity contribution is 5.94. The van der Waals surface area contributed by atoms with Crippen molar-refractivity contribution >= 4 is 23.4 Å². The van der Waals surface area contributed by atoms with Gasteiger partial charge in [-0.3, -0.25) is 14.9 Å². The molecule has 10 nitrogen and oxygen atoms in total. The van der Waals surface area contributed by atoms with E-state index in [4.69, 9.17) is 9.47 Å². The number of benzene rings is 2. The van der Waals surface area contributed by atoms with Crippen molar-refractivity contribution in [3.05, 3.63) is 64.2 Å². The molecule has 0 radical (unpaired) electrons. The zero-order valence-corrected chi connectivity index (χ0v) is 17.4. The van der Waals surface area contributed by atoms with Gasteiger partial charge in [0.05, 0.1) is 11.0 Å². The Morgan fingerprint density at radius 1 is 1.06 bits per heavy atom. The molecule has 0 saturated heterocycles. The van der Waals surface area contributed by atoms with E-state index >= 15 is 0 Å². The zero-order chi connectivity index (χ0) is 22.6. The number of amides is 1. The van der Waals surface area contributed by atoms with Gasteiger partial charge in [0.2, 0.25) is 5.91 Å². The van der Waals surface area contributed by atoms with E-state index in [-0.39, 0.29) is 30.0 Å². The van der Waals surface area contributed by atoms with E-state index in [9.17, 15) is 19.7 Å². The van der Waals surface area contributed by atoms with Crippen LogP contribution in [0.25, 0.3) is 0 Å². The molecule has 166 valence electrons. The summed E-state index contributed by atoms with van der Waals surface area (Å²) in [5.74, 6) is 0.0248. The maximum absolute atomic E-state index is 12.4. The molecule has 2 aromatic carbocycles. The van der Waals surface area contributed by atoms with Gasteiger partial charge in [-0.15, -0.1) is 0 Å². The topological polar surface area (TPSA) is 132 Å². The molecule has 0 aliphatic heterocycles. The van der Waals surface area contributed by atoms with Crippen LogP contribution in [0.15, 0.2) is 48.5 Å². The Morgan fingerprint density at radius 3 is 2.32 bits per heavy atom. The number of non-ortho nitro benzene ring substituents is 1. The van der Waals surface area contributed by atoms with Gasteiger partial charge in [0.25, 0.3) is 5.69 Å².